The summed E-state index contributed by atoms with van der Waals surface area (Å²) in [5.74, 6) is -1.37. The summed E-state index contributed by atoms with van der Waals surface area (Å²) < 4.78 is 35.7. The molecule has 0 bridgehead atoms. The van der Waals surface area contributed by atoms with E-state index in [4.69, 9.17) is 18.9 Å². The Balaban J connectivity index is 1.34. The maximum absolute atomic E-state index is 14.1. The maximum atomic E-state index is 14.1. The van der Waals surface area contributed by atoms with Crippen LogP contribution in [0.5, 0.6) is 23.0 Å². The number of rotatable bonds is 10. The fraction of sp³-hybridized carbons (Fsp3) is 0.118. The van der Waals surface area contributed by atoms with Crippen molar-refractivity contribution in [2.45, 2.75) is 13.8 Å². The largest absolute Gasteiger partial charge is 0.493 e. The van der Waals surface area contributed by atoms with Gasteiger partial charge in [0.1, 0.15) is 11.5 Å². The van der Waals surface area contributed by atoms with Crippen molar-refractivity contribution in [2.75, 3.05) is 13.7 Å². The van der Waals surface area contributed by atoms with Gasteiger partial charge in [-0.1, -0.05) is 30.3 Å². The highest BCUT2D eigenvalue weighted by molar-refractivity contribution is 6.09. The Labute approximate surface area is 257 Å². The lowest BCUT2D eigenvalue weighted by Crippen LogP contribution is -2.18. The number of halogens is 1. The monoisotopic (exact) mass is 609 g/mol. The number of hydrogen-bond donors (Lipinski definition) is 2. The van der Waals surface area contributed by atoms with Crippen LogP contribution in [0.2, 0.25) is 0 Å². The molecule has 0 saturated carbocycles. The van der Waals surface area contributed by atoms with Gasteiger partial charge >= 0.3 is 11.9 Å². The standard InChI is InChI=1S/C34H28FN3O7/c1-4-43-30-16-21(10-14-28(30)45-34(41)23-11-15-27(44-20(2)39)29(17-23)42-3)19-36-38-33(40)32-31(22-8-6-5-7-9-22)25-18-24(35)12-13-26(25)37-32/h5-19,37H,4H2,1-3H3,(H,38,40). The normalized spacial score (nSPS) is 10.9. The van der Waals surface area contributed by atoms with Crippen LogP contribution in [0.25, 0.3) is 22.0 Å². The molecule has 5 rings (SSSR count). The van der Waals surface area contributed by atoms with Crippen LogP contribution in [0.15, 0.2) is 90.0 Å². The molecule has 1 amide bonds. The number of aromatic nitrogens is 1. The molecule has 0 aliphatic rings. The van der Waals surface area contributed by atoms with Crippen molar-refractivity contribution in [3.8, 4) is 34.1 Å². The maximum Gasteiger partial charge on any atom is 0.343 e. The topological polar surface area (TPSA) is 128 Å². The lowest BCUT2D eigenvalue weighted by molar-refractivity contribution is -0.132. The van der Waals surface area contributed by atoms with Crippen LogP contribution in [0.3, 0.4) is 0 Å². The molecule has 0 fully saturated rings. The third-order valence-electron chi connectivity index (χ3n) is 6.55. The van der Waals surface area contributed by atoms with Gasteiger partial charge in [0, 0.05) is 23.4 Å². The Morgan fingerprint density at radius 3 is 2.38 bits per heavy atom. The zero-order valence-corrected chi connectivity index (χ0v) is 24.6. The van der Waals surface area contributed by atoms with Crippen LogP contribution in [-0.4, -0.2) is 42.8 Å². The number of ether oxygens (including phenoxy) is 4. The second-order valence-electron chi connectivity index (χ2n) is 9.62. The molecule has 1 aromatic heterocycles. The van der Waals surface area contributed by atoms with Crippen LogP contribution in [0, 0.1) is 5.82 Å². The summed E-state index contributed by atoms with van der Waals surface area (Å²) in [5.41, 5.74) is 5.36. The molecule has 0 atom stereocenters. The summed E-state index contributed by atoms with van der Waals surface area (Å²) in [6, 6.07) is 22.5. The Hall–Kier alpha value is -5.97. The summed E-state index contributed by atoms with van der Waals surface area (Å²) in [5, 5.41) is 4.67. The van der Waals surface area contributed by atoms with E-state index in [0.29, 0.717) is 22.0 Å². The van der Waals surface area contributed by atoms with Gasteiger partial charge in [-0.05, 0) is 72.6 Å². The molecule has 0 spiro atoms. The second-order valence-corrected chi connectivity index (χ2v) is 9.62. The fourth-order valence-electron chi connectivity index (χ4n) is 4.61. The molecule has 0 aliphatic carbocycles. The highest BCUT2D eigenvalue weighted by Gasteiger charge is 2.20. The molecular weight excluding hydrogens is 581 g/mol. The summed E-state index contributed by atoms with van der Waals surface area (Å²) in [4.78, 5) is 40.5. The molecule has 5 aromatic rings. The average molecular weight is 610 g/mol. The minimum absolute atomic E-state index is 0.156. The van der Waals surface area contributed by atoms with E-state index in [1.165, 1.54) is 56.6 Å². The van der Waals surface area contributed by atoms with E-state index in [9.17, 15) is 18.8 Å². The van der Waals surface area contributed by atoms with Gasteiger partial charge in [-0.2, -0.15) is 5.10 Å². The minimum Gasteiger partial charge on any atom is -0.493 e. The number of nitrogens with one attached hydrogen (secondary N) is 2. The molecule has 0 saturated heterocycles. The molecule has 4 aromatic carbocycles. The molecule has 2 N–H and O–H groups in total. The number of H-pyrrole nitrogens is 1. The lowest BCUT2D eigenvalue weighted by Gasteiger charge is -2.13. The van der Waals surface area contributed by atoms with Crippen molar-refractivity contribution in [1.29, 1.82) is 0 Å². The quantitative estimate of drug-likeness (QED) is 0.0824. The van der Waals surface area contributed by atoms with Crippen LogP contribution in [0.1, 0.15) is 40.3 Å². The van der Waals surface area contributed by atoms with Crippen molar-refractivity contribution < 1.29 is 37.7 Å². The van der Waals surface area contributed by atoms with Crippen molar-refractivity contribution in [2.24, 2.45) is 5.10 Å². The summed E-state index contributed by atoms with van der Waals surface area (Å²) in [7, 11) is 1.39. The van der Waals surface area contributed by atoms with Gasteiger partial charge < -0.3 is 23.9 Å². The van der Waals surface area contributed by atoms with E-state index < -0.39 is 23.7 Å². The number of carbonyl (C=O) groups excluding carboxylic acids is 3. The van der Waals surface area contributed by atoms with E-state index in [-0.39, 0.29) is 40.9 Å². The van der Waals surface area contributed by atoms with Gasteiger partial charge in [-0.3, -0.25) is 9.59 Å². The third kappa shape index (κ3) is 6.99. The van der Waals surface area contributed by atoms with Crippen LogP contribution >= 0.6 is 0 Å². The number of esters is 2. The predicted octanol–water partition coefficient (Wildman–Crippen LogP) is 6.29. The summed E-state index contributed by atoms with van der Waals surface area (Å²) in [6.45, 7) is 3.32. The van der Waals surface area contributed by atoms with Gasteiger partial charge in [-0.25, -0.2) is 14.6 Å². The number of benzene rings is 4. The number of hydrazone groups is 1. The smallest absolute Gasteiger partial charge is 0.343 e. The Kier molecular flexibility index (Phi) is 9.18. The molecule has 45 heavy (non-hydrogen) atoms. The first-order chi connectivity index (χ1) is 21.8. The first-order valence-electron chi connectivity index (χ1n) is 13.8. The number of hydrogen-bond acceptors (Lipinski definition) is 8. The Morgan fingerprint density at radius 1 is 0.889 bits per heavy atom. The van der Waals surface area contributed by atoms with E-state index in [2.05, 4.69) is 15.5 Å². The van der Waals surface area contributed by atoms with Crippen molar-refractivity contribution in [3.63, 3.8) is 0 Å². The molecule has 0 unspecified atom stereocenters. The number of nitrogens with zero attached hydrogens (tertiary/aromatic N) is 1. The SMILES string of the molecule is CCOc1cc(C=NNC(=O)c2[nH]c3ccc(F)cc3c2-c2ccccc2)ccc1OC(=O)c1ccc(OC(C)=O)c(OC)c1. The lowest BCUT2D eigenvalue weighted by atomic mass is 10.0. The van der Waals surface area contributed by atoms with Gasteiger partial charge in [0.25, 0.3) is 5.91 Å². The molecule has 10 nitrogen and oxygen atoms in total. The van der Waals surface area contributed by atoms with Crippen molar-refractivity contribution in [1.82, 2.24) is 10.4 Å². The molecular formula is C34H28FN3O7. The van der Waals surface area contributed by atoms with Gasteiger partial charge in [-0.15, -0.1) is 0 Å². The molecule has 228 valence electrons. The Morgan fingerprint density at radius 2 is 1.64 bits per heavy atom. The van der Waals surface area contributed by atoms with Crippen molar-refractivity contribution >= 4 is 35.0 Å². The minimum atomic E-state index is -0.690. The van der Waals surface area contributed by atoms with E-state index in [1.54, 1.807) is 25.1 Å². The van der Waals surface area contributed by atoms with Gasteiger partial charge in [0.05, 0.1) is 25.5 Å². The fourth-order valence-corrected chi connectivity index (χ4v) is 4.61. The number of methoxy groups -OCH3 is 1. The highest BCUT2D eigenvalue weighted by Crippen LogP contribution is 2.34. The molecule has 11 heteroatoms. The van der Waals surface area contributed by atoms with Crippen molar-refractivity contribution in [3.05, 3.63) is 108 Å². The van der Waals surface area contributed by atoms with Gasteiger partial charge in [0.15, 0.2) is 23.0 Å². The average Bonchev–Trinajstić information content (AvgIpc) is 3.41. The second kappa shape index (κ2) is 13.6. The van der Waals surface area contributed by atoms with E-state index >= 15 is 0 Å². The predicted molar refractivity (Wildman–Crippen MR) is 166 cm³/mol. The molecule has 1 heterocycles. The number of aromatic amines is 1. The third-order valence-corrected chi connectivity index (χ3v) is 6.55. The van der Waals surface area contributed by atoms with Crippen LogP contribution in [0.4, 0.5) is 4.39 Å². The number of amides is 1. The van der Waals surface area contributed by atoms with Crippen LogP contribution < -0.4 is 24.4 Å². The van der Waals surface area contributed by atoms with Gasteiger partial charge in [0.2, 0.25) is 0 Å². The zero-order chi connectivity index (χ0) is 31.9. The number of fused-ring (bicyclic) bond motifs is 1. The first-order valence-corrected chi connectivity index (χ1v) is 13.8. The summed E-state index contributed by atoms with van der Waals surface area (Å²) >= 11 is 0. The van der Waals surface area contributed by atoms with E-state index in [1.807, 2.05) is 30.3 Å². The molecule has 0 radical (unpaired) electrons. The molecule has 0 aliphatic heterocycles. The zero-order valence-electron chi connectivity index (χ0n) is 24.6. The first kappa shape index (κ1) is 30.5. The number of carbonyl (C=O) groups is 3. The highest BCUT2D eigenvalue weighted by atomic mass is 19.1. The Bertz CT molecular complexity index is 1920. The van der Waals surface area contributed by atoms with Crippen LogP contribution in [-0.2, 0) is 4.79 Å². The summed E-state index contributed by atoms with van der Waals surface area (Å²) in [6.07, 6.45) is 1.41. The van der Waals surface area contributed by atoms with E-state index in [0.717, 1.165) is 5.56 Å².